The summed E-state index contributed by atoms with van der Waals surface area (Å²) in [6.45, 7) is 0. The lowest BCUT2D eigenvalue weighted by Gasteiger charge is -2.24. The number of rotatable bonds is 3. The molecule has 1 aromatic carbocycles. The molecular weight excluding hydrogens is 433 g/mol. The van der Waals surface area contributed by atoms with Crippen molar-refractivity contribution >= 4 is 26.6 Å². The Kier molecular flexibility index (Phi) is 5.24. The smallest absolute Gasteiger partial charge is 0.366 e. The molecule has 0 bridgehead atoms. The van der Waals surface area contributed by atoms with Crippen LogP contribution in [0.25, 0.3) is 22.0 Å². The fraction of sp³-hybridized carbons (Fsp3) is 0.350. The van der Waals surface area contributed by atoms with Gasteiger partial charge in [0.25, 0.3) is 5.56 Å². The Bertz CT molecular complexity index is 1300. The molecule has 31 heavy (non-hydrogen) atoms. The van der Waals surface area contributed by atoms with E-state index in [1.165, 1.54) is 36.3 Å². The minimum atomic E-state index is -4.46. The molecule has 7 nitrogen and oxygen atoms in total. The first-order valence-electron chi connectivity index (χ1n) is 9.54. The predicted molar refractivity (Wildman–Crippen MR) is 111 cm³/mol. The normalized spacial score (nSPS) is 18.8. The largest absolute Gasteiger partial charge is 0.416 e. The van der Waals surface area contributed by atoms with Crippen LogP contribution >= 0.6 is 0 Å². The molecule has 0 amide bonds. The van der Waals surface area contributed by atoms with Crippen molar-refractivity contribution in [2.24, 2.45) is 7.05 Å². The van der Waals surface area contributed by atoms with Crippen molar-refractivity contribution in [2.75, 3.05) is 16.8 Å². The van der Waals surface area contributed by atoms with E-state index in [1.54, 1.807) is 0 Å². The van der Waals surface area contributed by atoms with E-state index in [-0.39, 0.29) is 28.2 Å². The lowest BCUT2D eigenvalue weighted by atomic mass is 10.0. The maximum Gasteiger partial charge on any atom is 0.416 e. The maximum absolute atomic E-state index is 12.9. The van der Waals surface area contributed by atoms with Crippen molar-refractivity contribution in [3.8, 4) is 11.1 Å². The van der Waals surface area contributed by atoms with E-state index >= 15 is 0 Å². The molecule has 1 fully saturated rings. The van der Waals surface area contributed by atoms with Gasteiger partial charge in [0, 0.05) is 24.8 Å². The van der Waals surface area contributed by atoms with Gasteiger partial charge in [-0.25, -0.2) is 18.4 Å². The van der Waals surface area contributed by atoms with Gasteiger partial charge in [0.2, 0.25) is 0 Å². The fourth-order valence-corrected chi connectivity index (χ4v) is 5.34. The third kappa shape index (κ3) is 4.27. The summed E-state index contributed by atoms with van der Waals surface area (Å²) in [4.78, 5) is 21.5. The predicted octanol–water partition coefficient (Wildman–Crippen LogP) is 3.00. The summed E-state index contributed by atoms with van der Waals surface area (Å²) in [5.74, 6) is 0.286. The summed E-state index contributed by atoms with van der Waals surface area (Å²) >= 11 is 0. The number of anilines is 1. The molecule has 1 saturated heterocycles. The average Bonchev–Trinajstić information content (AvgIpc) is 2.69. The van der Waals surface area contributed by atoms with Gasteiger partial charge >= 0.3 is 6.18 Å². The molecular formula is C20H19F3N4O3S. The first-order chi connectivity index (χ1) is 14.5. The standard InChI is InChI=1S/C20H19F3N4O3S/c1-27-11-25-17-15(12-4-6-13(7-5-12)20(21,22)23)9-24-18(16(17)19(27)28)26-14-3-2-8-31(29,30)10-14/h4-7,9,11,14H,2-3,8,10H2,1H3,(H,24,26)/t14-/m1/s1. The molecule has 1 aliphatic heterocycles. The van der Waals surface area contributed by atoms with Crippen LogP contribution in [0.2, 0.25) is 0 Å². The maximum atomic E-state index is 12.9. The summed E-state index contributed by atoms with van der Waals surface area (Å²) in [5.41, 5.74) is -0.0677. The van der Waals surface area contributed by atoms with E-state index in [1.807, 2.05) is 0 Å². The van der Waals surface area contributed by atoms with E-state index < -0.39 is 33.2 Å². The zero-order valence-corrected chi connectivity index (χ0v) is 17.3. The van der Waals surface area contributed by atoms with Crippen molar-refractivity contribution in [1.29, 1.82) is 0 Å². The first kappa shape index (κ1) is 21.3. The number of alkyl halides is 3. The number of aryl methyl sites for hydroxylation is 1. The highest BCUT2D eigenvalue weighted by Crippen LogP contribution is 2.33. The molecule has 11 heteroatoms. The Labute approximate surface area is 175 Å². The minimum absolute atomic E-state index is 0.0581. The Morgan fingerprint density at radius 3 is 2.52 bits per heavy atom. The van der Waals surface area contributed by atoms with Crippen molar-refractivity contribution in [3.63, 3.8) is 0 Å². The molecule has 1 aliphatic rings. The number of halogens is 3. The van der Waals surface area contributed by atoms with Crippen LogP contribution in [-0.2, 0) is 23.1 Å². The Morgan fingerprint density at radius 1 is 1.16 bits per heavy atom. The first-order valence-corrected chi connectivity index (χ1v) is 11.4. The van der Waals surface area contributed by atoms with Crippen molar-refractivity contribution < 1.29 is 21.6 Å². The van der Waals surface area contributed by atoms with Gasteiger partial charge in [-0.1, -0.05) is 12.1 Å². The molecule has 0 radical (unpaired) electrons. The minimum Gasteiger partial charge on any atom is -0.366 e. The van der Waals surface area contributed by atoms with Crippen LogP contribution in [-0.4, -0.2) is 40.5 Å². The second-order valence-electron chi connectivity index (χ2n) is 7.58. The van der Waals surface area contributed by atoms with Crippen LogP contribution in [0.15, 0.2) is 41.6 Å². The van der Waals surface area contributed by atoms with E-state index in [0.29, 0.717) is 24.0 Å². The molecule has 0 spiro atoms. The Morgan fingerprint density at radius 2 is 1.87 bits per heavy atom. The number of pyridine rings is 1. The number of benzene rings is 1. The Balaban J connectivity index is 1.81. The van der Waals surface area contributed by atoms with Crippen molar-refractivity contribution in [1.82, 2.24) is 14.5 Å². The van der Waals surface area contributed by atoms with Crippen molar-refractivity contribution in [2.45, 2.75) is 25.1 Å². The molecule has 1 N–H and O–H groups in total. The molecule has 2 aromatic heterocycles. The number of nitrogens with zero attached hydrogens (tertiary/aromatic N) is 3. The van der Waals surface area contributed by atoms with Gasteiger partial charge in [0.15, 0.2) is 9.84 Å². The van der Waals surface area contributed by atoms with Gasteiger partial charge in [0.05, 0.1) is 28.9 Å². The monoisotopic (exact) mass is 452 g/mol. The van der Waals surface area contributed by atoms with Crippen LogP contribution < -0.4 is 10.9 Å². The number of fused-ring (bicyclic) bond motifs is 1. The zero-order chi connectivity index (χ0) is 22.4. The molecule has 0 unspecified atom stereocenters. The zero-order valence-electron chi connectivity index (χ0n) is 16.5. The summed E-state index contributed by atoms with van der Waals surface area (Å²) < 4.78 is 63.8. The summed E-state index contributed by atoms with van der Waals surface area (Å²) in [7, 11) is -1.65. The lowest BCUT2D eigenvalue weighted by Crippen LogP contribution is -2.35. The highest BCUT2D eigenvalue weighted by atomic mass is 32.2. The highest BCUT2D eigenvalue weighted by molar-refractivity contribution is 7.91. The van der Waals surface area contributed by atoms with Crippen LogP contribution in [0.5, 0.6) is 0 Å². The van der Waals surface area contributed by atoms with E-state index in [2.05, 4.69) is 15.3 Å². The summed E-state index contributed by atoms with van der Waals surface area (Å²) in [5, 5.41) is 3.22. The second kappa shape index (κ2) is 7.63. The van der Waals surface area contributed by atoms with Crippen LogP contribution in [0.1, 0.15) is 18.4 Å². The Hall–Kier alpha value is -2.95. The van der Waals surface area contributed by atoms with Crippen molar-refractivity contribution in [3.05, 3.63) is 52.7 Å². The molecule has 4 rings (SSSR count). The highest BCUT2D eigenvalue weighted by Gasteiger charge is 2.30. The molecule has 0 aliphatic carbocycles. The second-order valence-corrected chi connectivity index (χ2v) is 9.81. The lowest BCUT2D eigenvalue weighted by molar-refractivity contribution is -0.137. The SMILES string of the molecule is Cn1cnc2c(-c3ccc(C(F)(F)F)cc3)cnc(N[C@@H]3CCCS(=O)(=O)C3)c2c1=O. The topological polar surface area (TPSA) is 93.9 Å². The van der Waals surface area contributed by atoms with Gasteiger partial charge in [-0.05, 0) is 30.5 Å². The third-order valence-electron chi connectivity index (χ3n) is 5.27. The number of hydrogen-bond donors (Lipinski definition) is 1. The van der Waals surface area contributed by atoms with Crippen LogP contribution in [0, 0.1) is 0 Å². The van der Waals surface area contributed by atoms with Gasteiger partial charge in [0.1, 0.15) is 11.2 Å². The van der Waals surface area contributed by atoms with Gasteiger partial charge in [-0.2, -0.15) is 13.2 Å². The van der Waals surface area contributed by atoms with Gasteiger partial charge < -0.3 is 9.88 Å². The van der Waals surface area contributed by atoms with E-state index in [4.69, 9.17) is 0 Å². The summed E-state index contributed by atoms with van der Waals surface area (Å²) in [6.07, 6.45) is -0.577. The summed E-state index contributed by atoms with van der Waals surface area (Å²) in [6, 6.07) is 4.14. The molecule has 1 atom stereocenters. The molecule has 0 saturated carbocycles. The molecule has 3 heterocycles. The molecule has 164 valence electrons. The van der Waals surface area contributed by atoms with E-state index in [0.717, 1.165) is 12.1 Å². The average molecular weight is 452 g/mol. The van der Waals surface area contributed by atoms with Gasteiger partial charge in [-0.15, -0.1) is 0 Å². The van der Waals surface area contributed by atoms with Gasteiger partial charge in [-0.3, -0.25) is 4.79 Å². The third-order valence-corrected chi connectivity index (χ3v) is 7.09. The number of hydrogen-bond acceptors (Lipinski definition) is 6. The van der Waals surface area contributed by atoms with Crippen LogP contribution in [0.3, 0.4) is 0 Å². The van der Waals surface area contributed by atoms with Crippen LogP contribution in [0.4, 0.5) is 19.0 Å². The number of aromatic nitrogens is 3. The molecule has 3 aromatic rings. The van der Waals surface area contributed by atoms with E-state index in [9.17, 15) is 26.4 Å². The quantitative estimate of drug-likeness (QED) is 0.657. The number of sulfone groups is 1. The fourth-order valence-electron chi connectivity index (χ4n) is 3.70. The number of nitrogens with one attached hydrogen (secondary N) is 1.